The number of nitrogens with one attached hydrogen (secondary N) is 1. The van der Waals surface area contributed by atoms with Crippen LogP contribution in [0.15, 0.2) is 24.3 Å². The van der Waals surface area contributed by atoms with Crippen molar-refractivity contribution in [1.82, 2.24) is 19.8 Å². The summed E-state index contributed by atoms with van der Waals surface area (Å²) in [6.45, 7) is 7.19. The molecule has 1 aromatic carbocycles. The second-order valence-electron chi connectivity index (χ2n) is 7.27. The number of imidazole rings is 1. The molecule has 25 heavy (non-hydrogen) atoms. The lowest BCUT2D eigenvalue weighted by atomic mass is 9.88. The van der Waals surface area contributed by atoms with Crippen LogP contribution in [0.4, 0.5) is 0 Å². The highest BCUT2D eigenvalue weighted by atomic mass is 16.2. The van der Waals surface area contributed by atoms with Gasteiger partial charge in [0.1, 0.15) is 5.82 Å². The Labute approximate surface area is 149 Å². The van der Waals surface area contributed by atoms with Gasteiger partial charge in [-0.15, -0.1) is 0 Å². The zero-order chi connectivity index (χ0) is 17.4. The second-order valence-corrected chi connectivity index (χ2v) is 7.27. The van der Waals surface area contributed by atoms with Crippen molar-refractivity contribution in [3.8, 4) is 0 Å². The molecule has 0 saturated heterocycles. The van der Waals surface area contributed by atoms with Crippen molar-refractivity contribution in [2.45, 2.75) is 52.2 Å². The molecule has 2 heterocycles. The lowest BCUT2D eigenvalue weighted by molar-refractivity contribution is -0.123. The van der Waals surface area contributed by atoms with Crippen molar-refractivity contribution >= 4 is 5.91 Å². The average Bonchev–Trinajstić information content (AvgIpc) is 2.89. The molecule has 1 aliphatic heterocycles. The van der Waals surface area contributed by atoms with Crippen molar-refractivity contribution in [1.29, 1.82) is 0 Å². The Hall–Kier alpha value is -2.14. The largest absolute Gasteiger partial charge is 0.348 e. The second kappa shape index (κ2) is 6.64. The fourth-order valence-electron chi connectivity index (χ4n) is 4.14. The zero-order valence-corrected chi connectivity index (χ0v) is 15.1. The molecule has 2 aromatic rings. The molecule has 1 aromatic heterocycles. The van der Waals surface area contributed by atoms with Gasteiger partial charge >= 0.3 is 0 Å². The molecule has 5 nitrogen and oxygen atoms in total. The first-order valence-electron chi connectivity index (χ1n) is 9.24. The summed E-state index contributed by atoms with van der Waals surface area (Å²) in [6, 6.07) is 8.65. The molecule has 0 unspecified atom stereocenters. The predicted molar refractivity (Wildman–Crippen MR) is 97.2 cm³/mol. The minimum Gasteiger partial charge on any atom is -0.348 e. The van der Waals surface area contributed by atoms with E-state index in [-0.39, 0.29) is 11.9 Å². The Morgan fingerprint density at radius 2 is 2.12 bits per heavy atom. The van der Waals surface area contributed by atoms with Crippen molar-refractivity contribution in [2.75, 3.05) is 13.1 Å². The molecule has 0 saturated carbocycles. The molecule has 0 fully saturated rings. The minimum atomic E-state index is 0.121. The first-order chi connectivity index (χ1) is 12.1. The van der Waals surface area contributed by atoms with Crippen molar-refractivity contribution in [3.63, 3.8) is 0 Å². The van der Waals surface area contributed by atoms with Crippen LogP contribution in [0.25, 0.3) is 0 Å². The number of rotatable bonds is 3. The van der Waals surface area contributed by atoms with Crippen LogP contribution in [0.2, 0.25) is 0 Å². The molecule has 132 valence electrons. The lowest BCUT2D eigenvalue weighted by Crippen LogP contribution is -2.43. The quantitative estimate of drug-likeness (QED) is 0.935. The molecular formula is C20H26N4O. The van der Waals surface area contributed by atoms with E-state index in [1.54, 1.807) is 0 Å². The smallest absolute Gasteiger partial charge is 0.234 e. The number of fused-ring (bicyclic) bond motifs is 2. The van der Waals surface area contributed by atoms with Gasteiger partial charge in [-0.3, -0.25) is 9.69 Å². The van der Waals surface area contributed by atoms with Crippen LogP contribution in [0.3, 0.4) is 0 Å². The minimum absolute atomic E-state index is 0.121. The maximum atomic E-state index is 12.6. The number of carbonyl (C=O) groups is 1. The van der Waals surface area contributed by atoms with Crippen LogP contribution in [-0.4, -0.2) is 33.4 Å². The summed E-state index contributed by atoms with van der Waals surface area (Å²) in [5.74, 6) is 1.20. The van der Waals surface area contributed by atoms with Gasteiger partial charge in [0, 0.05) is 18.8 Å². The molecular weight excluding hydrogens is 312 g/mol. The van der Waals surface area contributed by atoms with Gasteiger partial charge in [-0.2, -0.15) is 0 Å². The van der Waals surface area contributed by atoms with Crippen molar-refractivity contribution < 1.29 is 4.79 Å². The fraction of sp³-hybridized carbons (Fsp3) is 0.500. The standard InChI is InChI=1S/C20H26N4O/c1-14-15(2)24-11-10-23(12-19(24)21-14)13-20(25)22-18-9-5-7-16-6-3-4-8-17(16)18/h3-4,6,8,18H,5,7,9-13H2,1-2H3,(H,22,25)/t18-/m1/s1. The number of hydrogen-bond donors (Lipinski definition) is 1. The van der Waals surface area contributed by atoms with E-state index in [0.29, 0.717) is 6.54 Å². The number of aromatic nitrogens is 2. The van der Waals surface area contributed by atoms with Crippen molar-refractivity contribution in [2.24, 2.45) is 0 Å². The predicted octanol–water partition coefficient (Wildman–Crippen LogP) is 2.51. The van der Waals surface area contributed by atoms with E-state index in [1.165, 1.54) is 16.8 Å². The highest BCUT2D eigenvalue weighted by Gasteiger charge is 2.25. The highest BCUT2D eigenvalue weighted by molar-refractivity contribution is 5.78. The molecule has 0 bridgehead atoms. The van der Waals surface area contributed by atoms with Gasteiger partial charge in [0.25, 0.3) is 0 Å². The lowest BCUT2D eigenvalue weighted by Gasteiger charge is -2.30. The van der Waals surface area contributed by atoms with Gasteiger partial charge in [-0.1, -0.05) is 24.3 Å². The third-order valence-corrected chi connectivity index (χ3v) is 5.61. The molecule has 0 spiro atoms. The van der Waals surface area contributed by atoms with Crippen LogP contribution in [-0.2, 0) is 24.3 Å². The van der Waals surface area contributed by atoms with E-state index < -0.39 is 0 Å². The summed E-state index contributed by atoms with van der Waals surface area (Å²) in [4.78, 5) is 19.4. The molecule has 1 atom stereocenters. The average molecular weight is 338 g/mol. The van der Waals surface area contributed by atoms with E-state index in [9.17, 15) is 4.79 Å². The number of benzene rings is 1. The molecule has 1 N–H and O–H groups in total. The Balaban J connectivity index is 1.39. The number of amides is 1. The van der Waals surface area contributed by atoms with Crippen LogP contribution in [0, 0.1) is 13.8 Å². The Morgan fingerprint density at radius 3 is 3.00 bits per heavy atom. The number of carbonyl (C=O) groups excluding carboxylic acids is 1. The number of aryl methyl sites for hydroxylation is 2. The Bertz CT molecular complexity index is 795. The van der Waals surface area contributed by atoms with Gasteiger partial charge in [0.2, 0.25) is 5.91 Å². The SMILES string of the molecule is Cc1nc2n(c1C)CCN(CC(=O)N[C@@H]1CCCc3ccccc31)C2. The van der Waals surface area contributed by atoms with E-state index in [1.807, 2.05) is 0 Å². The number of nitrogens with zero attached hydrogens (tertiary/aromatic N) is 3. The molecule has 2 aliphatic rings. The van der Waals surface area contributed by atoms with Crippen LogP contribution in [0.1, 0.15) is 47.2 Å². The van der Waals surface area contributed by atoms with Crippen LogP contribution >= 0.6 is 0 Å². The van der Waals surface area contributed by atoms with E-state index in [4.69, 9.17) is 0 Å². The molecule has 5 heteroatoms. The maximum absolute atomic E-state index is 12.6. The molecule has 1 aliphatic carbocycles. The van der Waals surface area contributed by atoms with Crippen molar-refractivity contribution in [3.05, 3.63) is 52.6 Å². The summed E-state index contributed by atoms with van der Waals surface area (Å²) >= 11 is 0. The molecule has 1 amide bonds. The van der Waals surface area contributed by atoms with Gasteiger partial charge < -0.3 is 9.88 Å². The Kier molecular flexibility index (Phi) is 4.34. The first-order valence-corrected chi connectivity index (χ1v) is 9.24. The monoisotopic (exact) mass is 338 g/mol. The highest BCUT2D eigenvalue weighted by Crippen LogP contribution is 2.29. The van der Waals surface area contributed by atoms with E-state index in [0.717, 1.165) is 50.4 Å². The van der Waals surface area contributed by atoms with Gasteiger partial charge in [-0.25, -0.2) is 4.98 Å². The summed E-state index contributed by atoms with van der Waals surface area (Å²) in [7, 11) is 0. The first kappa shape index (κ1) is 16.3. The summed E-state index contributed by atoms with van der Waals surface area (Å²) in [5.41, 5.74) is 5.02. The Morgan fingerprint density at radius 1 is 1.28 bits per heavy atom. The van der Waals surface area contributed by atoms with Gasteiger partial charge in [-0.05, 0) is 44.2 Å². The number of hydrogen-bond acceptors (Lipinski definition) is 3. The maximum Gasteiger partial charge on any atom is 0.234 e. The summed E-state index contributed by atoms with van der Waals surface area (Å²) in [5, 5.41) is 3.26. The van der Waals surface area contributed by atoms with E-state index in [2.05, 4.69) is 57.9 Å². The zero-order valence-electron chi connectivity index (χ0n) is 15.1. The third kappa shape index (κ3) is 3.21. The third-order valence-electron chi connectivity index (χ3n) is 5.61. The summed E-state index contributed by atoms with van der Waals surface area (Å²) in [6.07, 6.45) is 3.29. The van der Waals surface area contributed by atoms with Crippen LogP contribution in [0.5, 0.6) is 0 Å². The van der Waals surface area contributed by atoms with Gasteiger partial charge in [0.15, 0.2) is 0 Å². The van der Waals surface area contributed by atoms with E-state index >= 15 is 0 Å². The normalized spacial score (nSPS) is 20.0. The van der Waals surface area contributed by atoms with Gasteiger partial charge in [0.05, 0.1) is 24.8 Å². The summed E-state index contributed by atoms with van der Waals surface area (Å²) < 4.78 is 2.28. The molecule has 0 radical (unpaired) electrons. The fourth-order valence-corrected chi connectivity index (χ4v) is 4.14. The topological polar surface area (TPSA) is 50.2 Å². The van der Waals surface area contributed by atoms with Crippen LogP contribution < -0.4 is 5.32 Å². The molecule has 4 rings (SSSR count).